The summed E-state index contributed by atoms with van der Waals surface area (Å²) in [5, 5.41) is 12.2. The van der Waals surface area contributed by atoms with Crippen LogP contribution >= 0.6 is 27.5 Å². The molecule has 4 nitrogen and oxygen atoms in total. The van der Waals surface area contributed by atoms with Gasteiger partial charge >= 0.3 is 0 Å². The number of nitrogens with one attached hydrogen (secondary N) is 1. The van der Waals surface area contributed by atoms with Crippen LogP contribution in [0.1, 0.15) is 20.3 Å². The van der Waals surface area contributed by atoms with Crippen molar-refractivity contribution >= 4 is 33.4 Å². The van der Waals surface area contributed by atoms with E-state index in [1.165, 1.54) is 0 Å². The smallest absolute Gasteiger partial charge is 0.260 e. The molecule has 1 aromatic rings. The first kappa shape index (κ1) is 17.3. The summed E-state index contributed by atoms with van der Waals surface area (Å²) >= 11 is 9.18. The Kier molecular flexibility index (Phi) is 7.34. The zero-order valence-electron chi connectivity index (χ0n) is 11.5. The van der Waals surface area contributed by atoms with Crippen molar-refractivity contribution in [3.05, 3.63) is 27.7 Å². The monoisotopic (exact) mass is 363 g/mol. The number of carbonyl (C=O) groups excluding carboxylic acids is 1. The second kappa shape index (κ2) is 8.49. The number of carbonyl (C=O) groups is 1. The first-order valence-electron chi connectivity index (χ1n) is 6.44. The third-order valence-corrected chi connectivity index (χ3v) is 3.67. The van der Waals surface area contributed by atoms with Crippen LogP contribution < -0.4 is 10.1 Å². The summed E-state index contributed by atoms with van der Waals surface area (Å²) in [6.45, 7) is 4.31. The number of aliphatic hydroxyl groups is 1. The minimum atomic E-state index is -0.603. The van der Waals surface area contributed by atoms with Gasteiger partial charge in [-0.3, -0.25) is 4.79 Å². The zero-order valence-corrected chi connectivity index (χ0v) is 13.9. The molecular formula is C14H19BrClNO3. The van der Waals surface area contributed by atoms with Gasteiger partial charge in [0.1, 0.15) is 5.75 Å². The van der Waals surface area contributed by atoms with Gasteiger partial charge < -0.3 is 15.2 Å². The Morgan fingerprint density at radius 3 is 2.80 bits per heavy atom. The van der Waals surface area contributed by atoms with Gasteiger partial charge in [0.15, 0.2) is 6.10 Å². The van der Waals surface area contributed by atoms with Crippen molar-refractivity contribution < 1.29 is 14.6 Å². The van der Waals surface area contributed by atoms with Crippen molar-refractivity contribution in [2.24, 2.45) is 5.92 Å². The minimum absolute atomic E-state index is 0.126. The highest BCUT2D eigenvalue weighted by atomic mass is 79.9. The Morgan fingerprint density at radius 2 is 2.20 bits per heavy atom. The van der Waals surface area contributed by atoms with Crippen molar-refractivity contribution in [2.75, 3.05) is 13.2 Å². The summed E-state index contributed by atoms with van der Waals surface area (Å²) in [6.07, 6.45) is 0.0620. The summed E-state index contributed by atoms with van der Waals surface area (Å²) in [4.78, 5) is 11.9. The maximum atomic E-state index is 11.9. The molecule has 20 heavy (non-hydrogen) atoms. The Balaban J connectivity index is 2.49. The van der Waals surface area contributed by atoms with Crippen molar-refractivity contribution in [3.8, 4) is 5.75 Å². The van der Waals surface area contributed by atoms with Gasteiger partial charge in [-0.05, 0) is 53.4 Å². The van der Waals surface area contributed by atoms with Crippen LogP contribution in [0.2, 0.25) is 5.02 Å². The predicted octanol–water partition coefficient (Wildman–Crippen LogP) is 3.00. The maximum absolute atomic E-state index is 11.9. The van der Waals surface area contributed by atoms with Crippen LogP contribution in [-0.4, -0.2) is 30.3 Å². The fraction of sp³-hybridized carbons (Fsp3) is 0.500. The highest BCUT2D eigenvalue weighted by Crippen LogP contribution is 2.28. The Hall–Kier alpha value is -0.780. The van der Waals surface area contributed by atoms with E-state index in [4.69, 9.17) is 21.4 Å². The highest BCUT2D eigenvalue weighted by molar-refractivity contribution is 9.10. The lowest BCUT2D eigenvalue weighted by molar-refractivity contribution is -0.127. The van der Waals surface area contributed by atoms with Crippen LogP contribution in [0.15, 0.2) is 22.7 Å². The minimum Gasteiger partial charge on any atom is -0.480 e. The van der Waals surface area contributed by atoms with Crippen LogP contribution in [-0.2, 0) is 4.79 Å². The topological polar surface area (TPSA) is 58.6 Å². The van der Waals surface area contributed by atoms with Gasteiger partial charge in [-0.25, -0.2) is 0 Å². The first-order chi connectivity index (χ1) is 9.43. The molecule has 0 fully saturated rings. The Bertz CT molecular complexity index is 456. The average molecular weight is 365 g/mol. The SMILES string of the molecule is CC(CCO)CNC(=O)C(C)Oc1ccc(Cl)cc1Br. The van der Waals surface area contributed by atoms with E-state index in [-0.39, 0.29) is 18.4 Å². The summed E-state index contributed by atoms with van der Waals surface area (Å²) < 4.78 is 6.29. The number of hydrogen-bond acceptors (Lipinski definition) is 3. The molecule has 112 valence electrons. The van der Waals surface area contributed by atoms with Gasteiger partial charge in [0, 0.05) is 18.2 Å². The standard InChI is InChI=1S/C14H19BrClNO3/c1-9(5-6-18)8-17-14(19)10(2)20-13-4-3-11(16)7-12(13)15/h3-4,7,9-10,18H,5-6,8H2,1-2H3,(H,17,19). The third kappa shape index (κ3) is 5.69. The van der Waals surface area contributed by atoms with Gasteiger partial charge in [-0.15, -0.1) is 0 Å². The quantitative estimate of drug-likeness (QED) is 0.782. The second-order valence-electron chi connectivity index (χ2n) is 4.70. The van der Waals surface area contributed by atoms with E-state index < -0.39 is 6.10 Å². The van der Waals surface area contributed by atoms with Crippen LogP contribution in [0.3, 0.4) is 0 Å². The fourth-order valence-electron chi connectivity index (χ4n) is 1.56. The van der Waals surface area contributed by atoms with Gasteiger partial charge in [-0.2, -0.15) is 0 Å². The van der Waals surface area contributed by atoms with Gasteiger partial charge in [-0.1, -0.05) is 18.5 Å². The molecule has 2 N–H and O–H groups in total. The second-order valence-corrected chi connectivity index (χ2v) is 5.99. The van der Waals surface area contributed by atoms with Crippen LogP contribution in [0.25, 0.3) is 0 Å². The summed E-state index contributed by atoms with van der Waals surface area (Å²) in [7, 11) is 0. The van der Waals surface area contributed by atoms with E-state index >= 15 is 0 Å². The van der Waals surface area contributed by atoms with Gasteiger partial charge in [0.05, 0.1) is 4.47 Å². The molecule has 0 spiro atoms. The highest BCUT2D eigenvalue weighted by Gasteiger charge is 2.16. The molecule has 0 bridgehead atoms. The van der Waals surface area contributed by atoms with Gasteiger partial charge in [0.2, 0.25) is 0 Å². The summed E-state index contributed by atoms with van der Waals surface area (Å²) in [6, 6.07) is 5.13. The molecule has 0 saturated carbocycles. The van der Waals surface area contributed by atoms with E-state index in [9.17, 15) is 4.79 Å². The molecule has 0 heterocycles. The third-order valence-electron chi connectivity index (χ3n) is 2.81. The number of benzene rings is 1. The van der Waals surface area contributed by atoms with Crippen molar-refractivity contribution in [3.63, 3.8) is 0 Å². The Labute approximate surface area is 132 Å². The molecule has 1 rings (SSSR count). The van der Waals surface area contributed by atoms with E-state index in [1.807, 2.05) is 6.92 Å². The molecule has 1 amide bonds. The zero-order chi connectivity index (χ0) is 15.1. The van der Waals surface area contributed by atoms with E-state index in [0.29, 0.717) is 28.2 Å². The molecule has 0 aromatic heterocycles. The number of ether oxygens (including phenoxy) is 1. The van der Waals surface area contributed by atoms with Crippen LogP contribution in [0, 0.1) is 5.92 Å². The molecule has 1 aromatic carbocycles. The summed E-state index contributed by atoms with van der Waals surface area (Å²) in [5.41, 5.74) is 0. The molecule has 0 saturated heterocycles. The van der Waals surface area contributed by atoms with Crippen molar-refractivity contribution in [1.82, 2.24) is 5.32 Å². The molecule has 2 unspecified atom stereocenters. The van der Waals surface area contributed by atoms with Crippen molar-refractivity contribution in [1.29, 1.82) is 0 Å². The van der Waals surface area contributed by atoms with Gasteiger partial charge in [0.25, 0.3) is 5.91 Å². The largest absolute Gasteiger partial charge is 0.480 e. The molecule has 0 aliphatic heterocycles. The van der Waals surface area contributed by atoms with Crippen LogP contribution in [0.5, 0.6) is 5.75 Å². The molecule has 2 atom stereocenters. The molecule has 6 heteroatoms. The van der Waals surface area contributed by atoms with E-state index in [2.05, 4.69) is 21.2 Å². The number of hydrogen-bond donors (Lipinski definition) is 2. The fourth-order valence-corrected chi connectivity index (χ4v) is 2.33. The van der Waals surface area contributed by atoms with E-state index in [0.717, 1.165) is 0 Å². The lowest BCUT2D eigenvalue weighted by Crippen LogP contribution is -2.38. The number of amides is 1. The van der Waals surface area contributed by atoms with Crippen molar-refractivity contribution in [2.45, 2.75) is 26.4 Å². The predicted molar refractivity (Wildman–Crippen MR) is 83.1 cm³/mol. The van der Waals surface area contributed by atoms with E-state index in [1.54, 1.807) is 25.1 Å². The maximum Gasteiger partial charge on any atom is 0.260 e. The molecular weight excluding hydrogens is 346 g/mol. The number of halogens is 2. The molecule has 0 aliphatic carbocycles. The number of rotatable bonds is 7. The molecule has 0 aliphatic rings. The number of aliphatic hydroxyl groups excluding tert-OH is 1. The normalized spacial score (nSPS) is 13.7. The Morgan fingerprint density at radius 1 is 1.50 bits per heavy atom. The average Bonchev–Trinajstić information content (AvgIpc) is 2.39. The lowest BCUT2D eigenvalue weighted by atomic mass is 10.1. The van der Waals surface area contributed by atoms with Crippen LogP contribution in [0.4, 0.5) is 0 Å². The lowest BCUT2D eigenvalue weighted by Gasteiger charge is -2.17. The summed E-state index contributed by atoms with van der Waals surface area (Å²) in [5.74, 6) is 0.621. The molecule has 0 radical (unpaired) electrons. The first-order valence-corrected chi connectivity index (χ1v) is 7.61.